The van der Waals surface area contributed by atoms with E-state index >= 15 is 0 Å². The highest BCUT2D eigenvalue weighted by molar-refractivity contribution is 9.10. The van der Waals surface area contributed by atoms with Crippen molar-refractivity contribution < 1.29 is 19.1 Å². The molecule has 39 heavy (non-hydrogen) atoms. The summed E-state index contributed by atoms with van der Waals surface area (Å²) in [6.07, 6.45) is 9.52. The van der Waals surface area contributed by atoms with Crippen LogP contribution in [-0.2, 0) is 9.47 Å². The van der Waals surface area contributed by atoms with Crippen LogP contribution in [0.3, 0.4) is 0 Å². The van der Waals surface area contributed by atoms with Gasteiger partial charge in [-0.1, -0.05) is 0 Å². The van der Waals surface area contributed by atoms with E-state index in [0.29, 0.717) is 13.1 Å². The lowest BCUT2D eigenvalue weighted by Crippen LogP contribution is -2.50. The van der Waals surface area contributed by atoms with Crippen LogP contribution in [0.5, 0.6) is 0 Å². The SMILES string of the molecule is Brc1cncnc1.CC(C)(C)OC(=O)N1CCN(c2cncnc2)CC1.CC(C)(C)OC(=O)N1CCNCC1. The number of hydrogen-bond donors (Lipinski definition) is 1. The van der Waals surface area contributed by atoms with E-state index in [1.807, 2.05) is 41.5 Å². The van der Waals surface area contributed by atoms with Crippen molar-refractivity contribution in [2.24, 2.45) is 0 Å². The Balaban J connectivity index is 0.000000229. The molecule has 2 fully saturated rings. The molecular formula is C26H41BrN8O4. The number of hydrogen-bond acceptors (Lipinski definition) is 10. The lowest BCUT2D eigenvalue weighted by atomic mass is 10.2. The lowest BCUT2D eigenvalue weighted by Gasteiger charge is -2.36. The van der Waals surface area contributed by atoms with E-state index in [9.17, 15) is 9.59 Å². The number of nitrogens with zero attached hydrogens (tertiary/aromatic N) is 7. The Morgan fingerprint density at radius 3 is 1.51 bits per heavy atom. The molecular weight excluding hydrogens is 568 g/mol. The molecule has 2 aliphatic rings. The van der Waals surface area contributed by atoms with E-state index in [-0.39, 0.29) is 17.8 Å². The third-order valence-corrected chi connectivity index (χ3v) is 5.55. The van der Waals surface area contributed by atoms with Gasteiger partial charge in [0.2, 0.25) is 0 Å². The number of piperazine rings is 2. The van der Waals surface area contributed by atoms with Crippen LogP contribution >= 0.6 is 15.9 Å². The maximum absolute atomic E-state index is 11.9. The zero-order valence-electron chi connectivity index (χ0n) is 23.8. The monoisotopic (exact) mass is 608 g/mol. The molecule has 0 atom stereocenters. The van der Waals surface area contributed by atoms with Crippen LogP contribution in [0.15, 0.2) is 41.9 Å². The molecule has 12 nitrogen and oxygen atoms in total. The molecule has 2 aliphatic heterocycles. The van der Waals surface area contributed by atoms with E-state index in [2.05, 4.69) is 46.1 Å². The topological polar surface area (TPSA) is 126 Å². The molecule has 2 saturated heterocycles. The minimum absolute atomic E-state index is 0.200. The van der Waals surface area contributed by atoms with Crippen molar-refractivity contribution >= 4 is 33.8 Å². The molecule has 216 valence electrons. The van der Waals surface area contributed by atoms with E-state index in [1.54, 1.807) is 34.6 Å². The average molecular weight is 610 g/mol. The number of nitrogens with one attached hydrogen (secondary N) is 1. The van der Waals surface area contributed by atoms with Crippen molar-refractivity contribution in [3.8, 4) is 0 Å². The van der Waals surface area contributed by atoms with Gasteiger partial charge in [0.1, 0.15) is 23.9 Å². The maximum Gasteiger partial charge on any atom is 0.410 e. The summed E-state index contributed by atoms with van der Waals surface area (Å²) in [5, 5.41) is 3.18. The number of aromatic nitrogens is 4. The maximum atomic E-state index is 11.9. The van der Waals surface area contributed by atoms with E-state index in [4.69, 9.17) is 9.47 Å². The van der Waals surface area contributed by atoms with Crippen molar-refractivity contribution in [2.45, 2.75) is 52.7 Å². The Morgan fingerprint density at radius 2 is 1.13 bits per heavy atom. The number of carbonyl (C=O) groups is 2. The molecule has 2 aromatic rings. The van der Waals surface area contributed by atoms with E-state index in [1.165, 1.54) is 12.7 Å². The predicted molar refractivity (Wildman–Crippen MR) is 152 cm³/mol. The van der Waals surface area contributed by atoms with Crippen molar-refractivity contribution in [3.63, 3.8) is 0 Å². The summed E-state index contributed by atoms with van der Waals surface area (Å²) < 4.78 is 11.5. The number of anilines is 1. The van der Waals surface area contributed by atoms with Crippen LogP contribution in [0.2, 0.25) is 0 Å². The number of ether oxygens (including phenoxy) is 2. The molecule has 0 unspecified atom stereocenters. The molecule has 0 spiro atoms. The minimum atomic E-state index is -0.443. The van der Waals surface area contributed by atoms with Crippen molar-refractivity contribution in [1.29, 1.82) is 0 Å². The molecule has 4 rings (SSSR count). The molecule has 2 amide bonds. The van der Waals surface area contributed by atoms with Crippen molar-refractivity contribution in [2.75, 3.05) is 57.3 Å². The summed E-state index contributed by atoms with van der Waals surface area (Å²) in [7, 11) is 0. The quantitative estimate of drug-likeness (QED) is 0.513. The molecule has 13 heteroatoms. The summed E-state index contributed by atoms with van der Waals surface area (Å²) in [4.78, 5) is 44.5. The summed E-state index contributed by atoms with van der Waals surface area (Å²) in [6.45, 7) is 17.3. The van der Waals surface area contributed by atoms with Gasteiger partial charge in [-0.25, -0.2) is 29.5 Å². The summed E-state index contributed by atoms with van der Waals surface area (Å²) in [6, 6.07) is 0. The van der Waals surface area contributed by atoms with Crippen LogP contribution < -0.4 is 10.2 Å². The Hall–Kier alpha value is -3.06. The van der Waals surface area contributed by atoms with Crippen molar-refractivity contribution in [1.82, 2.24) is 35.1 Å². The van der Waals surface area contributed by atoms with Gasteiger partial charge in [-0.3, -0.25) is 0 Å². The van der Waals surface area contributed by atoms with Crippen LogP contribution in [-0.4, -0.2) is 105 Å². The largest absolute Gasteiger partial charge is 0.444 e. The van der Waals surface area contributed by atoms with Gasteiger partial charge < -0.3 is 29.5 Å². The highest BCUT2D eigenvalue weighted by atomic mass is 79.9. The van der Waals surface area contributed by atoms with Gasteiger partial charge in [-0.2, -0.15) is 0 Å². The summed E-state index contributed by atoms with van der Waals surface area (Å²) in [5.41, 5.74) is 0.162. The van der Waals surface area contributed by atoms with Gasteiger partial charge in [-0.15, -0.1) is 0 Å². The molecule has 2 aromatic heterocycles. The number of amides is 2. The van der Waals surface area contributed by atoms with Gasteiger partial charge in [0.25, 0.3) is 0 Å². The Morgan fingerprint density at radius 1 is 0.718 bits per heavy atom. The first-order valence-corrected chi connectivity index (χ1v) is 13.7. The van der Waals surface area contributed by atoms with Gasteiger partial charge in [-0.05, 0) is 57.5 Å². The zero-order chi connectivity index (χ0) is 28.9. The number of rotatable bonds is 1. The smallest absolute Gasteiger partial charge is 0.410 e. The zero-order valence-corrected chi connectivity index (χ0v) is 25.3. The van der Waals surface area contributed by atoms with E-state index < -0.39 is 5.60 Å². The van der Waals surface area contributed by atoms with E-state index in [0.717, 1.165) is 49.4 Å². The third-order valence-electron chi connectivity index (χ3n) is 5.14. The van der Waals surface area contributed by atoms with Gasteiger partial charge >= 0.3 is 12.2 Å². The lowest BCUT2D eigenvalue weighted by molar-refractivity contribution is 0.0223. The van der Waals surface area contributed by atoms with Crippen molar-refractivity contribution in [3.05, 3.63) is 41.9 Å². The minimum Gasteiger partial charge on any atom is -0.444 e. The Labute approximate surface area is 239 Å². The third kappa shape index (κ3) is 13.5. The Bertz CT molecular complexity index is 989. The average Bonchev–Trinajstić information content (AvgIpc) is 2.89. The number of halogens is 1. The first-order valence-electron chi connectivity index (χ1n) is 12.9. The fourth-order valence-electron chi connectivity index (χ4n) is 3.38. The Kier molecular flexibility index (Phi) is 12.8. The van der Waals surface area contributed by atoms with Gasteiger partial charge in [0.15, 0.2) is 0 Å². The van der Waals surface area contributed by atoms with Gasteiger partial charge in [0, 0.05) is 64.8 Å². The van der Waals surface area contributed by atoms with Crippen LogP contribution in [0.25, 0.3) is 0 Å². The van der Waals surface area contributed by atoms with Gasteiger partial charge in [0.05, 0.1) is 22.6 Å². The molecule has 1 N–H and O–H groups in total. The second kappa shape index (κ2) is 15.5. The second-order valence-electron chi connectivity index (χ2n) is 10.8. The van der Waals surface area contributed by atoms with Crippen LogP contribution in [0.1, 0.15) is 41.5 Å². The van der Waals surface area contributed by atoms with Crippen LogP contribution in [0, 0.1) is 0 Å². The molecule has 0 saturated carbocycles. The first kappa shape index (κ1) is 32.2. The fraction of sp³-hybridized carbons (Fsp3) is 0.615. The molecule has 0 bridgehead atoms. The summed E-state index contributed by atoms with van der Waals surface area (Å²) >= 11 is 3.19. The predicted octanol–water partition coefficient (Wildman–Crippen LogP) is 3.60. The molecule has 0 aromatic carbocycles. The normalized spacial score (nSPS) is 15.7. The fourth-order valence-corrected chi connectivity index (χ4v) is 3.62. The first-order chi connectivity index (χ1) is 18.3. The second-order valence-corrected chi connectivity index (χ2v) is 11.7. The summed E-state index contributed by atoms with van der Waals surface area (Å²) in [5.74, 6) is 0. The number of carbonyl (C=O) groups excluding carboxylic acids is 2. The standard InChI is InChI=1S/C13H20N4O2.C9H18N2O2.C4H3BrN2/c1-13(2,3)19-12(18)17-6-4-16(5-7-17)11-8-14-10-15-9-11;1-9(2,3)13-8(12)11-6-4-10-5-7-11;5-4-1-6-3-7-2-4/h8-10H,4-7H2,1-3H3;10H,4-7H2,1-3H3;1-3H. The molecule has 0 aliphatic carbocycles. The highest BCUT2D eigenvalue weighted by Crippen LogP contribution is 2.16. The van der Waals surface area contributed by atoms with Crippen LogP contribution in [0.4, 0.5) is 15.3 Å². The molecule has 4 heterocycles. The highest BCUT2D eigenvalue weighted by Gasteiger charge is 2.26. The molecule has 0 radical (unpaired) electrons.